The quantitative estimate of drug-likeness (QED) is 0.841. The summed E-state index contributed by atoms with van der Waals surface area (Å²) in [4.78, 5) is 39.2. The molecule has 1 saturated heterocycles. The molecular formula is C20H21N3O3. The Labute approximate surface area is 152 Å². The smallest absolute Gasteiger partial charge is 0.325 e. The average Bonchev–Trinajstić information content (AvgIpc) is 2.91. The fourth-order valence-electron chi connectivity index (χ4n) is 2.80. The molecule has 0 unspecified atom stereocenters. The third-order valence-corrected chi connectivity index (χ3v) is 4.29. The molecule has 0 bridgehead atoms. The maximum atomic E-state index is 12.5. The van der Waals surface area contributed by atoms with Crippen molar-refractivity contribution >= 4 is 29.2 Å². The van der Waals surface area contributed by atoms with E-state index in [4.69, 9.17) is 0 Å². The van der Waals surface area contributed by atoms with Crippen LogP contribution in [0.1, 0.15) is 25.3 Å². The molecule has 6 heteroatoms. The highest BCUT2D eigenvalue weighted by molar-refractivity contribution is 6.14. The van der Waals surface area contributed by atoms with Crippen LogP contribution in [0.2, 0.25) is 0 Å². The fourth-order valence-corrected chi connectivity index (χ4v) is 2.80. The Balaban J connectivity index is 1.63. The molecule has 2 aromatic rings. The molecule has 0 saturated carbocycles. The van der Waals surface area contributed by atoms with Gasteiger partial charge in [0, 0.05) is 11.4 Å². The number of hydrogen-bond acceptors (Lipinski definition) is 3. The van der Waals surface area contributed by atoms with E-state index in [1.54, 1.807) is 24.3 Å². The van der Waals surface area contributed by atoms with E-state index in [1.165, 1.54) is 10.5 Å². The first-order valence-corrected chi connectivity index (χ1v) is 8.52. The molecule has 4 amide bonds. The summed E-state index contributed by atoms with van der Waals surface area (Å²) in [6, 6.07) is 16.0. The van der Waals surface area contributed by atoms with Gasteiger partial charge >= 0.3 is 6.03 Å². The van der Waals surface area contributed by atoms with E-state index >= 15 is 0 Å². The molecule has 1 aliphatic heterocycles. The zero-order valence-corrected chi connectivity index (χ0v) is 14.8. The number of para-hydroxylation sites is 1. The molecule has 26 heavy (non-hydrogen) atoms. The Morgan fingerprint density at radius 2 is 1.69 bits per heavy atom. The fraction of sp³-hybridized carbons (Fsp3) is 0.250. The van der Waals surface area contributed by atoms with Crippen molar-refractivity contribution in [3.8, 4) is 0 Å². The summed E-state index contributed by atoms with van der Waals surface area (Å²) < 4.78 is 0. The van der Waals surface area contributed by atoms with Crippen LogP contribution in [0.4, 0.5) is 16.2 Å². The Morgan fingerprint density at radius 1 is 1.04 bits per heavy atom. The molecular weight excluding hydrogens is 330 g/mol. The van der Waals surface area contributed by atoms with Gasteiger partial charge in [0.25, 0.3) is 5.91 Å². The molecule has 1 heterocycles. The first-order chi connectivity index (χ1) is 12.5. The standard InChI is InChI=1S/C20H21N3O3/c1-14(2)15-8-10-16(11-9-15)21-18(24)12-23-19(25)13-22(20(23)26)17-6-4-3-5-7-17/h3-11,14H,12-13H2,1-2H3,(H,21,24). The molecule has 1 aliphatic rings. The zero-order chi connectivity index (χ0) is 18.7. The number of rotatable bonds is 5. The van der Waals surface area contributed by atoms with Crippen LogP contribution in [0.5, 0.6) is 0 Å². The molecule has 1 fully saturated rings. The maximum Gasteiger partial charge on any atom is 0.332 e. The minimum Gasteiger partial charge on any atom is -0.325 e. The van der Waals surface area contributed by atoms with Gasteiger partial charge in [-0.1, -0.05) is 44.2 Å². The van der Waals surface area contributed by atoms with E-state index in [-0.39, 0.29) is 19.0 Å². The van der Waals surface area contributed by atoms with Crippen molar-refractivity contribution in [1.29, 1.82) is 0 Å². The molecule has 2 aromatic carbocycles. The second kappa shape index (κ2) is 7.39. The first kappa shape index (κ1) is 17.7. The van der Waals surface area contributed by atoms with Crippen LogP contribution in [0.3, 0.4) is 0 Å². The highest BCUT2D eigenvalue weighted by atomic mass is 16.2. The molecule has 0 spiro atoms. The number of nitrogens with one attached hydrogen (secondary N) is 1. The van der Waals surface area contributed by atoms with Crippen molar-refractivity contribution in [3.63, 3.8) is 0 Å². The normalized spacial score (nSPS) is 14.3. The van der Waals surface area contributed by atoms with Crippen LogP contribution >= 0.6 is 0 Å². The van der Waals surface area contributed by atoms with Crippen LogP contribution < -0.4 is 10.2 Å². The van der Waals surface area contributed by atoms with Gasteiger partial charge in [0.1, 0.15) is 13.1 Å². The lowest BCUT2D eigenvalue weighted by Crippen LogP contribution is -2.39. The van der Waals surface area contributed by atoms with Gasteiger partial charge in [-0.15, -0.1) is 0 Å². The third-order valence-electron chi connectivity index (χ3n) is 4.29. The second-order valence-electron chi connectivity index (χ2n) is 6.51. The van der Waals surface area contributed by atoms with Crippen molar-refractivity contribution < 1.29 is 14.4 Å². The van der Waals surface area contributed by atoms with Crippen LogP contribution in [0, 0.1) is 0 Å². The molecule has 0 atom stereocenters. The number of nitrogens with zero attached hydrogens (tertiary/aromatic N) is 2. The van der Waals surface area contributed by atoms with Crippen molar-refractivity contribution in [2.45, 2.75) is 19.8 Å². The van der Waals surface area contributed by atoms with Gasteiger partial charge < -0.3 is 5.32 Å². The van der Waals surface area contributed by atoms with E-state index in [1.807, 2.05) is 30.3 Å². The van der Waals surface area contributed by atoms with Crippen molar-refractivity contribution in [2.75, 3.05) is 23.3 Å². The number of carbonyl (C=O) groups is 3. The van der Waals surface area contributed by atoms with E-state index < -0.39 is 11.9 Å². The number of imide groups is 1. The van der Waals surface area contributed by atoms with Crippen LogP contribution in [-0.2, 0) is 9.59 Å². The second-order valence-corrected chi connectivity index (χ2v) is 6.51. The molecule has 0 aromatic heterocycles. The lowest BCUT2D eigenvalue weighted by atomic mass is 10.0. The van der Waals surface area contributed by atoms with Crippen molar-refractivity contribution in [2.24, 2.45) is 0 Å². The number of amides is 4. The van der Waals surface area contributed by atoms with E-state index in [9.17, 15) is 14.4 Å². The third kappa shape index (κ3) is 3.74. The van der Waals surface area contributed by atoms with Gasteiger partial charge in [0.15, 0.2) is 0 Å². The molecule has 6 nitrogen and oxygen atoms in total. The summed E-state index contributed by atoms with van der Waals surface area (Å²) in [5.41, 5.74) is 2.45. The Bertz CT molecular complexity index is 816. The molecule has 1 N–H and O–H groups in total. The lowest BCUT2D eigenvalue weighted by molar-refractivity contribution is -0.128. The van der Waals surface area contributed by atoms with Gasteiger partial charge in [0.2, 0.25) is 5.91 Å². The summed E-state index contributed by atoms with van der Waals surface area (Å²) in [7, 11) is 0. The topological polar surface area (TPSA) is 69.7 Å². The summed E-state index contributed by atoms with van der Waals surface area (Å²) in [5, 5.41) is 2.73. The van der Waals surface area contributed by atoms with E-state index in [0.717, 1.165) is 4.90 Å². The minimum absolute atomic E-state index is 0.0563. The highest BCUT2D eigenvalue weighted by Crippen LogP contribution is 2.21. The first-order valence-electron chi connectivity index (χ1n) is 8.52. The molecule has 0 radical (unpaired) electrons. The van der Waals surface area contributed by atoms with Crippen molar-refractivity contribution in [1.82, 2.24) is 4.90 Å². The van der Waals surface area contributed by atoms with Gasteiger partial charge in [0.05, 0.1) is 0 Å². The molecule has 3 rings (SSSR count). The van der Waals surface area contributed by atoms with E-state index in [2.05, 4.69) is 19.2 Å². The van der Waals surface area contributed by atoms with Gasteiger partial charge in [-0.25, -0.2) is 4.79 Å². The summed E-state index contributed by atoms with van der Waals surface area (Å²) in [6.07, 6.45) is 0. The largest absolute Gasteiger partial charge is 0.332 e. The van der Waals surface area contributed by atoms with Crippen LogP contribution in [0.15, 0.2) is 54.6 Å². The zero-order valence-electron chi connectivity index (χ0n) is 14.8. The number of hydrogen-bond donors (Lipinski definition) is 1. The Morgan fingerprint density at radius 3 is 2.31 bits per heavy atom. The Kier molecular flexibility index (Phi) is 5.02. The predicted octanol–water partition coefficient (Wildman–Crippen LogP) is 3.22. The van der Waals surface area contributed by atoms with Gasteiger partial charge in [-0.05, 0) is 35.7 Å². The average molecular weight is 351 g/mol. The number of benzene rings is 2. The highest BCUT2D eigenvalue weighted by Gasteiger charge is 2.37. The summed E-state index contributed by atoms with van der Waals surface area (Å²) in [5.74, 6) is -0.383. The van der Waals surface area contributed by atoms with E-state index in [0.29, 0.717) is 17.3 Å². The minimum atomic E-state index is -0.480. The van der Waals surface area contributed by atoms with Crippen LogP contribution in [0.25, 0.3) is 0 Å². The SMILES string of the molecule is CC(C)c1ccc(NC(=O)CN2C(=O)CN(c3ccccc3)C2=O)cc1. The summed E-state index contributed by atoms with van der Waals surface area (Å²) in [6.45, 7) is 3.83. The predicted molar refractivity (Wildman–Crippen MR) is 100 cm³/mol. The number of carbonyl (C=O) groups excluding carboxylic acids is 3. The maximum absolute atomic E-state index is 12.5. The number of anilines is 2. The van der Waals surface area contributed by atoms with Crippen LogP contribution in [-0.4, -0.2) is 35.8 Å². The lowest BCUT2D eigenvalue weighted by Gasteiger charge is -2.17. The number of urea groups is 1. The van der Waals surface area contributed by atoms with Gasteiger partial charge in [-0.2, -0.15) is 0 Å². The molecule has 0 aliphatic carbocycles. The Hall–Kier alpha value is -3.15. The summed E-state index contributed by atoms with van der Waals surface area (Å²) >= 11 is 0. The monoisotopic (exact) mass is 351 g/mol. The van der Waals surface area contributed by atoms with Gasteiger partial charge in [-0.3, -0.25) is 19.4 Å². The molecule has 134 valence electrons. The van der Waals surface area contributed by atoms with Crippen molar-refractivity contribution in [3.05, 3.63) is 60.2 Å².